The van der Waals surface area contributed by atoms with E-state index in [9.17, 15) is 4.79 Å². The Labute approximate surface area is 118 Å². The smallest absolute Gasteiger partial charge is 0.254 e. The van der Waals surface area contributed by atoms with Crippen LogP contribution < -0.4 is 5.32 Å². The summed E-state index contributed by atoms with van der Waals surface area (Å²) in [7, 11) is 0. The molecule has 3 rings (SSSR count). The second-order valence-electron chi connectivity index (χ2n) is 5.38. The van der Waals surface area contributed by atoms with Crippen molar-refractivity contribution in [1.29, 1.82) is 0 Å². The first-order valence-electron chi connectivity index (χ1n) is 6.90. The SMILES string of the molecule is CC1CN(C(=O)c2ccc3nccnc3c2)C(C)CN1. The molecule has 1 aliphatic rings. The number of aromatic nitrogens is 2. The van der Waals surface area contributed by atoms with E-state index in [1.807, 2.05) is 23.1 Å². The molecular formula is C15H18N4O. The number of hydrogen-bond donors (Lipinski definition) is 1. The van der Waals surface area contributed by atoms with Crippen molar-refractivity contribution < 1.29 is 4.79 Å². The fourth-order valence-electron chi connectivity index (χ4n) is 2.57. The van der Waals surface area contributed by atoms with Crippen LogP contribution in [-0.4, -0.2) is 45.9 Å². The summed E-state index contributed by atoms with van der Waals surface area (Å²) in [6.45, 7) is 5.73. The molecule has 0 saturated carbocycles. The summed E-state index contributed by atoms with van der Waals surface area (Å²) in [5.74, 6) is 0.0680. The van der Waals surface area contributed by atoms with Crippen LogP contribution in [0.4, 0.5) is 0 Å². The Morgan fingerprint density at radius 3 is 2.80 bits per heavy atom. The van der Waals surface area contributed by atoms with E-state index < -0.39 is 0 Å². The summed E-state index contributed by atoms with van der Waals surface area (Å²) >= 11 is 0. The lowest BCUT2D eigenvalue weighted by Gasteiger charge is -2.37. The summed E-state index contributed by atoms with van der Waals surface area (Å²) in [5.41, 5.74) is 2.25. The number of fused-ring (bicyclic) bond motifs is 1. The number of carbonyl (C=O) groups is 1. The van der Waals surface area contributed by atoms with Crippen molar-refractivity contribution in [3.63, 3.8) is 0 Å². The lowest BCUT2D eigenvalue weighted by atomic mass is 10.1. The highest BCUT2D eigenvalue weighted by molar-refractivity contribution is 5.97. The van der Waals surface area contributed by atoms with Crippen LogP contribution in [-0.2, 0) is 0 Å². The first-order chi connectivity index (χ1) is 9.65. The van der Waals surface area contributed by atoms with Gasteiger partial charge in [-0.2, -0.15) is 0 Å². The Morgan fingerprint density at radius 1 is 1.25 bits per heavy atom. The van der Waals surface area contributed by atoms with E-state index in [2.05, 4.69) is 29.1 Å². The molecule has 1 amide bonds. The topological polar surface area (TPSA) is 58.1 Å². The zero-order chi connectivity index (χ0) is 14.1. The largest absolute Gasteiger partial charge is 0.333 e. The van der Waals surface area contributed by atoms with Gasteiger partial charge in [-0.25, -0.2) is 0 Å². The molecule has 2 unspecified atom stereocenters. The van der Waals surface area contributed by atoms with Gasteiger partial charge >= 0.3 is 0 Å². The van der Waals surface area contributed by atoms with Crippen LogP contribution in [0.2, 0.25) is 0 Å². The third-order valence-electron chi connectivity index (χ3n) is 3.74. The Kier molecular flexibility index (Phi) is 3.36. The van der Waals surface area contributed by atoms with Gasteiger partial charge in [-0.3, -0.25) is 14.8 Å². The van der Waals surface area contributed by atoms with E-state index in [-0.39, 0.29) is 11.9 Å². The molecule has 2 atom stereocenters. The maximum absolute atomic E-state index is 12.6. The van der Waals surface area contributed by atoms with Gasteiger partial charge in [0.15, 0.2) is 0 Å². The van der Waals surface area contributed by atoms with Crippen molar-refractivity contribution in [3.05, 3.63) is 36.2 Å². The number of nitrogens with one attached hydrogen (secondary N) is 1. The van der Waals surface area contributed by atoms with Crippen molar-refractivity contribution in [2.45, 2.75) is 25.9 Å². The normalized spacial score (nSPS) is 23.0. The minimum absolute atomic E-state index is 0.0680. The summed E-state index contributed by atoms with van der Waals surface area (Å²) < 4.78 is 0. The van der Waals surface area contributed by atoms with Crippen LogP contribution in [0.3, 0.4) is 0 Å². The molecular weight excluding hydrogens is 252 g/mol. The molecule has 1 saturated heterocycles. The molecule has 0 spiro atoms. The van der Waals surface area contributed by atoms with Gasteiger partial charge in [-0.1, -0.05) is 0 Å². The number of amides is 1. The van der Waals surface area contributed by atoms with Gasteiger partial charge in [0, 0.05) is 43.1 Å². The van der Waals surface area contributed by atoms with E-state index >= 15 is 0 Å². The van der Waals surface area contributed by atoms with Gasteiger partial charge in [-0.15, -0.1) is 0 Å². The van der Waals surface area contributed by atoms with Crippen LogP contribution in [0.15, 0.2) is 30.6 Å². The Hall–Kier alpha value is -2.01. The molecule has 1 aromatic carbocycles. The second kappa shape index (κ2) is 5.17. The first-order valence-corrected chi connectivity index (χ1v) is 6.90. The number of piperazine rings is 1. The maximum atomic E-state index is 12.6. The molecule has 1 N–H and O–H groups in total. The molecule has 104 valence electrons. The minimum atomic E-state index is 0.0680. The van der Waals surface area contributed by atoms with Crippen LogP contribution in [0, 0.1) is 0 Å². The lowest BCUT2D eigenvalue weighted by molar-refractivity contribution is 0.0616. The lowest BCUT2D eigenvalue weighted by Crippen LogP contribution is -2.56. The van der Waals surface area contributed by atoms with Gasteiger partial charge in [0.25, 0.3) is 5.91 Å². The van der Waals surface area contributed by atoms with Crippen molar-refractivity contribution in [2.75, 3.05) is 13.1 Å². The predicted octanol–water partition coefficient (Wildman–Crippen LogP) is 1.45. The molecule has 20 heavy (non-hydrogen) atoms. The van der Waals surface area contributed by atoms with Crippen LogP contribution in [0.1, 0.15) is 24.2 Å². The van der Waals surface area contributed by atoms with Crippen molar-refractivity contribution in [2.24, 2.45) is 0 Å². The van der Waals surface area contributed by atoms with Gasteiger partial charge in [0.05, 0.1) is 11.0 Å². The Morgan fingerprint density at radius 2 is 2.00 bits per heavy atom. The van der Waals surface area contributed by atoms with Gasteiger partial charge in [0.2, 0.25) is 0 Å². The molecule has 0 bridgehead atoms. The second-order valence-corrected chi connectivity index (χ2v) is 5.38. The molecule has 5 heteroatoms. The molecule has 1 fully saturated rings. The fourth-order valence-corrected chi connectivity index (χ4v) is 2.57. The van der Waals surface area contributed by atoms with Crippen LogP contribution >= 0.6 is 0 Å². The predicted molar refractivity (Wildman–Crippen MR) is 77.5 cm³/mol. The maximum Gasteiger partial charge on any atom is 0.254 e. The van der Waals surface area contributed by atoms with E-state index in [0.29, 0.717) is 11.6 Å². The van der Waals surface area contributed by atoms with Crippen molar-refractivity contribution in [1.82, 2.24) is 20.2 Å². The molecule has 1 aromatic heterocycles. The third-order valence-corrected chi connectivity index (χ3v) is 3.74. The highest BCUT2D eigenvalue weighted by Crippen LogP contribution is 2.16. The number of hydrogen-bond acceptors (Lipinski definition) is 4. The summed E-state index contributed by atoms with van der Waals surface area (Å²) in [6.07, 6.45) is 3.30. The van der Waals surface area contributed by atoms with Crippen molar-refractivity contribution >= 4 is 16.9 Å². The quantitative estimate of drug-likeness (QED) is 0.852. The molecule has 0 radical (unpaired) electrons. The van der Waals surface area contributed by atoms with Crippen LogP contribution in [0.5, 0.6) is 0 Å². The van der Waals surface area contributed by atoms with Gasteiger partial charge < -0.3 is 10.2 Å². The minimum Gasteiger partial charge on any atom is -0.333 e. The van der Waals surface area contributed by atoms with E-state index in [1.54, 1.807) is 12.4 Å². The van der Waals surface area contributed by atoms with Gasteiger partial charge in [-0.05, 0) is 32.0 Å². The molecule has 2 heterocycles. The number of benzene rings is 1. The molecule has 5 nitrogen and oxygen atoms in total. The van der Waals surface area contributed by atoms with Gasteiger partial charge in [0.1, 0.15) is 0 Å². The first kappa shape index (κ1) is 13.0. The standard InChI is InChI=1S/C15H18N4O/c1-10-9-19(11(2)8-18-10)15(20)12-3-4-13-14(7-12)17-6-5-16-13/h3-7,10-11,18H,8-9H2,1-2H3. The van der Waals surface area contributed by atoms with E-state index in [4.69, 9.17) is 0 Å². The average Bonchev–Trinajstić information content (AvgIpc) is 2.48. The molecule has 2 aromatic rings. The number of rotatable bonds is 1. The molecule has 1 aliphatic heterocycles. The summed E-state index contributed by atoms with van der Waals surface area (Å²) in [6, 6.07) is 6.04. The third kappa shape index (κ3) is 2.36. The number of carbonyl (C=O) groups excluding carboxylic acids is 1. The monoisotopic (exact) mass is 270 g/mol. The van der Waals surface area contributed by atoms with E-state index in [1.165, 1.54) is 0 Å². The highest BCUT2D eigenvalue weighted by Gasteiger charge is 2.27. The van der Waals surface area contributed by atoms with Crippen LogP contribution in [0.25, 0.3) is 11.0 Å². The Bertz CT molecular complexity index is 643. The molecule has 0 aliphatic carbocycles. The Balaban J connectivity index is 1.91. The van der Waals surface area contributed by atoms with E-state index in [0.717, 1.165) is 24.1 Å². The average molecular weight is 270 g/mol. The zero-order valence-corrected chi connectivity index (χ0v) is 11.7. The number of nitrogens with zero attached hydrogens (tertiary/aromatic N) is 3. The summed E-state index contributed by atoms with van der Waals surface area (Å²) in [4.78, 5) is 23.1. The zero-order valence-electron chi connectivity index (χ0n) is 11.7. The highest BCUT2D eigenvalue weighted by atomic mass is 16.2. The summed E-state index contributed by atoms with van der Waals surface area (Å²) in [5, 5.41) is 3.38. The fraction of sp³-hybridized carbons (Fsp3) is 0.400. The van der Waals surface area contributed by atoms with Crippen molar-refractivity contribution in [3.8, 4) is 0 Å².